The lowest BCUT2D eigenvalue weighted by Gasteiger charge is -2.10. The van der Waals surface area contributed by atoms with Gasteiger partial charge in [0.2, 0.25) is 0 Å². The molecule has 6 nitrogen and oxygen atoms in total. The van der Waals surface area contributed by atoms with Crippen LogP contribution in [-0.2, 0) is 22.6 Å². The number of carbonyl (C=O) groups excluding carboxylic acids is 2. The van der Waals surface area contributed by atoms with E-state index >= 15 is 0 Å². The number of imide groups is 1. The molecule has 0 saturated heterocycles. The second-order valence-electron chi connectivity index (χ2n) is 7.60. The smallest absolute Gasteiger partial charge is 0.275 e. The van der Waals surface area contributed by atoms with Crippen LogP contribution >= 0.6 is 0 Å². The number of hydrogen-bond donors (Lipinski definition) is 3. The van der Waals surface area contributed by atoms with Gasteiger partial charge in [0.05, 0.1) is 5.57 Å². The molecule has 146 valence electrons. The van der Waals surface area contributed by atoms with Gasteiger partial charge in [0.25, 0.3) is 11.8 Å². The summed E-state index contributed by atoms with van der Waals surface area (Å²) in [6.45, 7) is 1.82. The number of rotatable bonds is 5. The van der Waals surface area contributed by atoms with Crippen LogP contribution in [0.3, 0.4) is 0 Å². The Bertz CT molecular complexity index is 1160. The Kier molecular flexibility index (Phi) is 4.21. The first kappa shape index (κ1) is 17.7. The summed E-state index contributed by atoms with van der Waals surface area (Å²) in [6, 6.07) is 17.6. The molecular weight excluding hydrogens is 364 g/mol. The molecular formula is C23H22N4O2. The number of anilines is 1. The molecule has 2 amide bonds. The summed E-state index contributed by atoms with van der Waals surface area (Å²) in [5, 5.41) is 9.93. The van der Waals surface area contributed by atoms with Crippen LogP contribution in [0.5, 0.6) is 0 Å². The molecule has 3 aromatic rings. The number of amides is 2. The predicted octanol–water partition coefficient (Wildman–Crippen LogP) is 2.51. The molecule has 0 fully saturated rings. The van der Waals surface area contributed by atoms with Crippen molar-refractivity contribution in [3.8, 4) is 0 Å². The molecule has 0 unspecified atom stereocenters. The molecule has 29 heavy (non-hydrogen) atoms. The van der Waals surface area contributed by atoms with E-state index in [9.17, 15) is 9.59 Å². The summed E-state index contributed by atoms with van der Waals surface area (Å²) in [5.74, 6) is -0.267. The topological polar surface area (TPSA) is 75.2 Å². The maximum Gasteiger partial charge on any atom is 0.275 e. The molecule has 0 saturated carbocycles. The monoisotopic (exact) mass is 386 g/mol. The first-order valence-electron chi connectivity index (χ1n) is 9.84. The summed E-state index contributed by atoms with van der Waals surface area (Å²) >= 11 is 0. The number of carbonyl (C=O) groups is 2. The molecule has 2 aliphatic rings. The molecule has 2 aliphatic heterocycles. The fourth-order valence-corrected chi connectivity index (χ4v) is 4.56. The Morgan fingerprint density at radius 1 is 1.03 bits per heavy atom. The highest BCUT2D eigenvalue weighted by Gasteiger charge is 2.37. The maximum atomic E-state index is 12.9. The summed E-state index contributed by atoms with van der Waals surface area (Å²) in [5.41, 5.74) is 4.64. The quantitative estimate of drug-likeness (QED) is 0.589. The minimum atomic E-state index is -0.386. The van der Waals surface area contributed by atoms with E-state index in [2.05, 4.69) is 26.6 Å². The molecule has 1 aromatic heterocycles. The molecule has 0 spiro atoms. The van der Waals surface area contributed by atoms with Crippen molar-refractivity contribution in [3.63, 3.8) is 0 Å². The van der Waals surface area contributed by atoms with Crippen LogP contribution in [0.25, 0.3) is 16.5 Å². The molecule has 1 atom stereocenters. The number of aromatic nitrogens is 1. The van der Waals surface area contributed by atoms with Gasteiger partial charge < -0.3 is 15.2 Å². The molecule has 0 radical (unpaired) electrons. The van der Waals surface area contributed by atoms with E-state index in [0.29, 0.717) is 17.2 Å². The van der Waals surface area contributed by atoms with E-state index < -0.39 is 0 Å². The number of para-hydroxylation sites is 2. The summed E-state index contributed by atoms with van der Waals surface area (Å²) in [4.78, 5) is 25.5. The van der Waals surface area contributed by atoms with Crippen molar-refractivity contribution < 1.29 is 9.59 Å². The molecule has 2 aromatic carbocycles. The van der Waals surface area contributed by atoms with Gasteiger partial charge in [-0.2, -0.15) is 0 Å². The Morgan fingerprint density at radius 2 is 1.79 bits per heavy atom. The third-order valence-electron chi connectivity index (χ3n) is 5.72. The van der Waals surface area contributed by atoms with Crippen molar-refractivity contribution in [1.82, 2.24) is 15.2 Å². The zero-order valence-electron chi connectivity index (χ0n) is 16.2. The molecule has 3 N–H and O–H groups in total. The number of fused-ring (bicyclic) bond motifs is 3. The third kappa shape index (κ3) is 2.84. The van der Waals surface area contributed by atoms with E-state index in [1.54, 1.807) is 0 Å². The van der Waals surface area contributed by atoms with Gasteiger partial charge in [-0.05, 0) is 44.1 Å². The van der Waals surface area contributed by atoms with E-state index in [4.69, 9.17) is 0 Å². The first-order chi connectivity index (χ1) is 14.2. The SMILES string of the molecule is CNC[C@H]1Cc2c(C3=C(Nc4ccccc4)C(=O)NC3=O)c3ccccc3n2C1. The Hall–Kier alpha value is -3.38. The highest BCUT2D eigenvalue weighted by Crippen LogP contribution is 2.40. The predicted molar refractivity (Wildman–Crippen MR) is 113 cm³/mol. The fourth-order valence-electron chi connectivity index (χ4n) is 4.56. The number of nitrogens with zero attached hydrogens (tertiary/aromatic N) is 1. The van der Waals surface area contributed by atoms with Crippen LogP contribution < -0.4 is 16.0 Å². The zero-order valence-corrected chi connectivity index (χ0v) is 16.2. The standard InChI is InChI=1S/C23H22N4O2/c1-24-12-14-11-18-19(16-9-5-6-10-17(16)27(18)13-14)20-21(23(29)26-22(20)28)25-15-7-3-2-4-8-15/h2-10,14,24H,11-13H2,1H3,(H2,25,26,28,29)/t14-/m1/s1. The Balaban J connectivity index is 1.71. The fraction of sp³-hybridized carbons (Fsp3) is 0.217. The molecule has 0 bridgehead atoms. The van der Waals surface area contributed by atoms with Crippen molar-refractivity contribution >= 4 is 34.0 Å². The lowest BCUT2D eigenvalue weighted by Crippen LogP contribution is -2.24. The van der Waals surface area contributed by atoms with Gasteiger partial charge in [0, 0.05) is 34.4 Å². The Labute approximate surface area is 168 Å². The number of hydrogen-bond acceptors (Lipinski definition) is 4. The van der Waals surface area contributed by atoms with Crippen molar-refractivity contribution in [3.05, 3.63) is 71.6 Å². The van der Waals surface area contributed by atoms with Gasteiger partial charge in [-0.1, -0.05) is 36.4 Å². The molecule has 5 rings (SSSR count). The lowest BCUT2D eigenvalue weighted by molar-refractivity contribution is -0.123. The van der Waals surface area contributed by atoms with Gasteiger partial charge in [0.1, 0.15) is 5.70 Å². The number of benzene rings is 2. The van der Waals surface area contributed by atoms with Crippen LogP contribution in [0, 0.1) is 5.92 Å². The number of nitrogens with one attached hydrogen (secondary N) is 3. The minimum absolute atomic E-state index is 0.317. The normalized spacial score (nSPS) is 18.4. The van der Waals surface area contributed by atoms with Gasteiger partial charge in [-0.15, -0.1) is 0 Å². The van der Waals surface area contributed by atoms with E-state index in [1.165, 1.54) is 0 Å². The van der Waals surface area contributed by atoms with E-state index in [0.717, 1.165) is 47.4 Å². The van der Waals surface area contributed by atoms with Crippen LogP contribution in [0.15, 0.2) is 60.3 Å². The lowest BCUT2D eigenvalue weighted by atomic mass is 9.96. The van der Waals surface area contributed by atoms with Crippen molar-refractivity contribution in [2.75, 3.05) is 18.9 Å². The van der Waals surface area contributed by atoms with Gasteiger partial charge in [0.15, 0.2) is 0 Å². The second kappa shape index (κ2) is 6.90. The maximum absolute atomic E-state index is 12.9. The highest BCUT2D eigenvalue weighted by atomic mass is 16.2. The van der Waals surface area contributed by atoms with Crippen molar-refractivity contribution in [2.45, 2.75) is 13.0 Å². The molecule has 3 heterocycles. The second-order valence-corrected chi connectivity index (χ2v) is 7.60. The molecule has 6 heteroatoms. The highest BCUT2D eigenvalue weighted by molar-refractivity contribution is 6.38. The Morgan fingerprint density at radius 3 is 2.59 bits per heavy atom. The average Bonchev–Trinajstić information content (AvgIpc) is 3.34. The van der Waals surface area contributed by atoms with Crippen molar-refractivity contribution in [1.29, 1.82) is 0 Å². The summed E-state index contributed by atoms with van der Waals surface area (Å²) in [6.07, 6.45) is 0.869. The molecule has 0 aliphatic carbocycles. The first-order valence-corrected chi connectivity index (χ1v) is 9.84. The average molecular weight is 386 g/mol. The summed E-state index contributed by atoms with van der Waals surface area (Å²) < 4.78 is 2.30. The van der Waals surface area contributed by atoms with Gasteiger partial charge in [-0.3, -0.25) is 14.9 Å². The van der Waals surface area contributed by atoms with Crippen LogP contribution in [0.4, 0.5) is 5.69 Å². The zero-order chi connectivity index (χ0) is 20.0. The van der Waals surface area contributed by atoms with Gasteiger partial charge >= 0.3 is 0 Å². The van der Waals surface area contributed by atoms with Crippen LogP contribution in [0.2, 0.25) is 0 Å². The van der Waals surface area contributed by atoms with Gasteiger partial charge in [-0.25, -0.2) is 0 Å². The van der Waals surface area contributed by atoms with Crippen LogP contribution in [0.1, 0.15) is 11.3 Å². The van der Waals surface area contributed by atoms with Crippen molar-refractivity contribution in [2.24, 2.45) is 5.92 Å². The van der Waals surface area contributed by atoms with E-state index in [1.807, 2.05) is 55.6 Å². The largest absolute Gasteiger partial charge is 0.350 e. The minimum Gasteiger partial charge on any atom is -0.350 e. The summed E-state index contributed by atoms with van der Waals surface area (Å²) in [7, 11) is 1.96. The van der Waals surface area contributed by atoms with E-state index in [-0.39, 0.29) is 11.8 Å². The third-order valence-corrected chi connectivity index (χ3v) is 5.72. The van der Waals surface area contributed by atoms with Crippen LogP contribution in [-0.4, -0.2) is 30.0 Å².